The van der Waals surface area contributed by atoms with Crippen molar-refractivity contribution in [2.24, 2.45) is 0 Å². The second-order valence-corrected chi connectivity index (χ2v) is 5.51. The lowest BCUT2D eigenvalue weighted by Crippen LogP contribution is -2.39. The number of hydrogen-bond acceptors (Lipinski definition) is 3. The molecule has 5 nitrogen and oxygen atoms in total. The molecule has 2 amide bonds. The number of ether oxygens (including phenoxy) is 1. The summed E-state index contributed by atoms with van der Waals surface area (Å²) < 4.78 is 5.75. The number of aromatic nitrogens is 1. The Hall–Kier alpha value is -2.11. The zero-order valence-corrected chi connectivity index (χ0v) is 12.6. The number of benzene rings is 1. The SMILES string of the molecule is O=C(Nc1ccncc1)N[C@@H]1CCO[C@H]1c1ccc(Cl)cc1. The summed E-state index contributed by atoms with van der Waals surface area (Å²) in [7, 11) is 0. The Morgan fingerprint density at radius 3 is 2.64 bits per heavy atom. The number of hydrogen-bond donors (Lipinski definition) is 2. The van der Waals surface area contributed by atoms with Gasteiger partial charge in [-0.15, -0.1) is 0 Å². The molecule has 1 fully saturated rings. The van der Waals surface area contributed by atoms with Crippen LogP contribution in [0.5, 0.6) is 0 Å². The maximum atomic E-state index is 12.1. The Balaban J connectivity index is 1.63. The van der Waals surface area contributed by atoms with Crippen molar-refractivity contribution in [2.45, 2.75) is 18.6 Å². The van der Waals surface area contributed by atoms with Crippen LogP contribution in [0.15, 0.2) is 48.8 Å². The molecule has 0 aliphatic carbocycles. The summed E-state index contributed by atoms with van der Waals surface area (Å²) in [6.45, 7) is 0.619. The van der Waals surface area contributed by atoms with E-state index in [4.69, 9.17) is 16.3 Å². The molecule has 2 atom stereocenters. The van der Waals surface area contributed by atoms with Gasteiger partial charge in [0, 0.05) is 29.7 Å². The third kappa shape index (κ3) is 3.55. The number of carbonyl (C=O) groups is 1. The van der Waals surface area contributed by atoms with Gasteiger partial charge in [0.25, 0.3) is 0 Å². The summed E-state index contributed by atoms with van der Waals surface area (Å²) in [5.41, 5.74) is 1.71. The molecule has 6 heteroatoms. The number of urea groups is 1. The van der Waals surface area contributed by atoms with Crippen LogP contribution in [0.4, 0.5) is 10.5 Å². The van der Waals surface area contributed by atoms with Gasteiger partial charge in [0.05, 0.1) is 6.04 Å². The van der Waals surface area contributed by atoms with Crippen LogP contribution in [0.25, 0.3) is 0 Å². The van der Waals surface area contributed by atoms with Crippen molar-refractivity contribution in [3.8, 4) is 0 Å². The zero-order valence-electron chi connectivity index (χ0n) is 11.8. The molecule has 114 valence electrons. The third-order valence-corrected chi connectivity index (χ3v) is 3.80. The van der Waals surface area contributed by atoms with Crippen LogP contribution >= 0.6 is 11.6 Å². The van der Waals surface area contributed by atoms with Crippen molar-refractivity contribution in [1.29, 1.82) is 0 Å². The molecule has 0 unspecified atom stereocenters. The van der Waals surface area contributed by atoms with Gasteiger partial charge in [0.2, 0.25) is 0 Å². The molecular weight excluding hydrogens is 302 g/mol. The average molecular weight is 318 g/mol. The highest BCUT2D eigenvalue weighted by molar-refractivity contribution is 6.30. The van der Waals surface area contributed by atoms with Crippen LogP contribution in [0.2, 0.25) is 5.02 Å². The number of carbonyl (C=O) groups excluding carboxylic acids is 1. The maximum absolute atomic E-state index is 12.1. The minimum absolute atomic E-state index is 0.0667. The van der Waals surface area contributed by atoms with E-state index in [1.165, 1.54) is 0 Å². The average Bonchev–Trinajstić information content (AvgIpc) is 2.97. The van der Waals surface area contributed by atoms with E-state index in [0.29, 0.717) is 17.3 Å². The fraction of sp³-hybridized carbons (Fsp3) is 0.250. The van der Waals surface area contributed by atoms with E-state index < -0.39 is 0 Å². The topological polar surface area (TPSA) is 63.2 Å². The molecule has 0 saturated carbocycles. The van der Waals surface area contributed by atoms with Crippen molar-refractivity contribution in [3.63, 3.8) is 0 Å². The lowest BCUT2D eigenvalue weighted by atomic mass is 10.0. The van der Waals surface area contributed by atoms with Crippen LogP contribution in [0, 0.1) is 0 Å². The lowest BCUT2D eigenvalue weighted by Gasteiger charge is -2.20. The van der Waals surface area contributed by atoms with Crippen LogP contribution < -0.4 is 10.6 Å². The smallest absolute Gasteiger partial charge is 0.319 e. The second kappa shape index (κ2) is 6.77. The summed E-state index contributed by atoms with van der Waals surface area (Å²) in [5.74, 6) is 0. The first-order valence-electron chi connectivity index (χ1n) is 7.07. The van der Waals surface area contributed by atoms with Crippen molar-refractivity contribution in [2.75, 3.05) is 11.9 Å². The molecule has 1 aromatic carbocycles. The van der Waals surface area contributed by atoms with Gasteiger partial charge in [0.1, 0.15) is 6.10 Å². The van der Waals surface area contributed by atoms with Crippen LogP contribution in [0.3, 0.4) is 0 Å². The molecule has 0 radical (unpaired) electrons. The fourth-order valence-corrected chi connectivity index (χ4v) is 2.62. The molecule has 1 aliphatic heterocycles. The van der Waals surface area contributed by atoms with Gasteiger partial charge in [-0.05, 0) is 36.2 Å². The molecule has 0 bridgehead atoms. The van der Waals surface area contributed by atoms with E-state index in [9.17, 15) is 4.79 Å². The molecule has 22 heavy (non-hydrogen) atoms. The minimum Gasteiger partial charge on any atom is -0.371 e. The maximum Gasteiger partial charge on any atom is 0.319 e. The molecule has 1 aromatic heterocycles. The van der Waals surface area contributed by atoms with Crippen LogP contribution in [0.1, 0.15) is 18.1 Å². The molecule has 2 heterocycles. The van der Waals surface area contributed by atoms with Crippen LogP contribution in [-0.2, 0) is 4.74 Å². The van der Waals surface area contributed by atoms with Gasteiger partial charge in [0.15, 0.2) is 0 Å². The molecule has 2 N–H and O–H groups in total. The summed E-state index contributed by atoms with van der Waals surface area (Å²) in [6.07, 6.45) is 3.88. The standard InChI is InChI=1S/C16H16ClN3O2/c17-12-3-1-11(2-4-12)15-14(7-10-22-15)20-16(21)19-13-5-8-18-9-6-13/h1-6,8-9,14-15H,7,10H2,(H2,18,19,20,21)/t14-,15+/m1/s1. The van der Waals surface area contributed by atoms with E-state index in [1.54, 1.807) is 24.5 Å². The molecule has 2 aromatic rings. The zero-order chi connectivity index (χ0) is 15.4. The third-order valence-electron chi connectivity index (χ3n) is 3.54. The predicted octanol–water partition coefficient (Wildman–Crippen LogP) is 3.39. The van der Waals surface area contributed by atoms with E-state index in [0.717, 1.165) is 12.0 Å². The summed E-state index contributed by atoms with van der Waals surface area (Å²) >= 11 is 5.90. The van der Waals surface area contributed by atoms with Gasteiger partial charge in [-0.1, -0.05) is 23.7 Å². The Bertz CT molecular complexity index is 634. The first-order valence-corrected chi connectivity index (χ1v) is 7.45. The molecule has 0 spiro atoms. The fourth-order valence-electron chi connectivity index (χ4n) is 2.49. The van der Waals surface area contributed by atoms with E-state index in [-0.39, 0.29) is 18.2 Å². The van der Waals surface area contributed by atoms with Crippen molar-refractivity contribution in [1.82, 2.24) is 10.3 Å². The van der Waals surface area contributed by atoms with Crippen LogP contribution in [-0.4, -0.2) is 23.7 Å². The first kappa shape index (κ1) is 14.8. The van der Waals surface area contributed by atoms with Crippen molar-refractivity contribution >= 4 is 23.3 Å². The Labute approximate surface area is 133 Å². The van der Waals surface area contributed by atoms with Gasteiger partial charge in [-0.25, -0.2) is 4.79 Å². The normalized spacial score (nSPS) is 20.6. The summed E-state index contributed by atoms with van der Waals surface area (Å²) in [6, 6.07) is 10.7. The van der Waals surface area contributed by atoms with Gasteiger partial charge >= 0.3 is 6.03 Å². The Morgan fingerprint density at radius 1 is 1.18 bits per heavy atom. The lowest BCUT2D eigenvalue weighted by molar-refractivity contribution is 0.100. The van der Waals surface area contributed by atoms with E-state index in [1.807, 2.05) is 24.3 Å². The molecule has 1 aliphatic rings. The van der Waals surface area contributed by atoms with Gasteiger partial charge < -0.3 is 15.4 Å². The number of anilines is 1. The Morgan fingerprint density at radius 2 is 1.91 bits per heavy atom. The second-order valence-electron chi connectivity index (χ2n) is 5.07. The molecule has 3 rings (SSSR count). The minimum atomic E-state index is -0.249. The molecule has 1 saturated heterocycles. The number of pyridine rings is 1. The highest BCUT2D eigenvalue weighted by atomic mass is 35.5. The molecular formula is C16H16ClN3O2. The monoisotopic (exact) mass is 317 g/mol. The predicted molar refractivity (Wildman–Crippen MR) is 84.9 cm³/mol. The summed E-state index contributed by atoms with van der Waals surface area (Å²) in [5, 5.41) is 6.43. The van der Waals surface area contributed by atoms with Crippen molar-refractivity contribution < 1.29 is 9.53 Å². The van der Waals surface area contributed by atoms with E-state index in [2.05, 4.69) is 15.6 Å². The van der Waals surface area contributed by atoms with Gasteiger partial charge in [-0.3, -0.25) is 4.98 Å². The number of nitrogens with one attached hydrogen (secondary N) is 2. The van der Waals surface area contributed by atoms with Crippen molar-refractivity contribution in [3.05, 3.63) is 59.4 Å². The number of rotatable bonds is 3. The number of nitrogens with zero attached hydrogens (tertiary/aromatic N) is 1. The summed E-state index contributed by atoms with van der Waals surface area (Å²) in [4.78, 5) is 16.0. The highest BCUT2D eigenvalue weighted by Gasteiger charge is 2.30. The quantitative estimate of drug-likeness (QED) is 0.912. The first-order chi connectivity index (χ1) is 10.7. The number of amides is 2. The number of halogens is 1. The van der Waals surface area contributed by atoms with Gasteiger partial charge in [-0.2, -0.15) is 0 Å². The Kier molecular flexibility index (Phi) is 4.56. The van der Waals surface area contributed by atoms with E-state index >= 15 is 0 Å². The largest absolute Gasteiger partial charge is 0.371 e. The highest BCUT2D eigenvalue weighted by Crippen LogP contribution is 2.29.